The fourth-order valence-corrected chi connectivity index (χ4v) is 5.10. The molecule has 1 amide bonds. The molecule has 1 N–H and O–H groups in total. The smallest absolute Gasteiger partial charge is 0.293 e. The van der Waals surface area contributed by atoms with E-state index in [2.05, 4.69) is 10.3 Å². The third-order valence-electron chi connectivity index (χ3n) is 4.57. The van der Waals surface area contributed by atoms with Crippen LogP contribution in [-0.2, 0) is 15.6 Å². The zero-order valence-electron chi connectivity index (χ0n) is 16.7. The number of sulfone groups is 1. The SMILES string of the molecule is COc1ccc(-c2csc(NC(=O)c3occc3CS(=O)(=O)c3ccccc3)n2)cc1F. The summed E-state index contributed by atoms with van der Waals surface area (Å²) in [6.07, 6.45) is 1.26. The number of hydrogen-bond donors (Lipinski definition) is 1. The van der Waals surface area contributed by atoms with Crippen LogP contribution in [0.2, 0.25) is 0 Å². The minimum atomic E-state index is -3.65. The van der Waals surface area contributed by atoms with Gasteiger partial charge in [-0.15, -0.1) is 11.3 Å². The topological polar surface area (TPSA) is 98.5 Å². The van der Waals surface area contributed by atoms with Gasteiger partial charge in [-0.1, -0.05) is 18.2 Å². The average Bonchev–Trinajstić information content (AvgIpc) is 3.43. The maximum Gasteiger partial charge on any atom is 0.293 e. The number of amides is 1. The summed E-state index contributed by atoms with van der Waals surface area (Å²) in [7, 11) is -2.28. The molecule has 2 aromatic heterocycles. The van der Waals surface area contributed by atoms with Crippen molar-refractivity contribution in [3.05, 3.63) is 83.4 Å². The maximum absolute atomic E-state index is 14.0. The van der Waals surface area contributed by atoms with Crippen LogP contribution in [0, 0.1) is 5.82 Å². The molecule has 0 bridgehead atoms. The number of nitrogens with one attached hydrogen (secondary N) is 1. The van der Waals surface area contributed by atoms with Gasteiger partial charge >= 0.3 is 0 Å². The summed E-state index contributed by atoms with van der Waals surface area (Å²) >= 11 is 1.14. The predicted octanol–water partition coefficient (Wildman–Crippen LogP) is 4.78. The summed E-state index contributed by atoms with van der Waals surface area (Å²) in [6.45, 7) is 0. The van der Waals surface area contributed by atoms with E-state index in [9.17, 15) is 17.6 Å². The van der Waals surface area contributed by atoms with E-state index in [4.69, 9.17) is 9.15 Å². The molecule has 0 unspecified atom stereocenters. The first-order valence-corrected chi connectivity index (χ1v) is 11.9. The predicted molar refractivity (Wildman–Crippen MR) is 118 cm³/mol. The van der Waals surface area contributed by atoms with E-state index in [-0.39, 0.29) is 32.9 Å². The highest BCUT2D eigenvalue weighted by atomic mass is 32.2. The number of anilines is 1. The summed E-state index contributed by atoms with van der Waals surface area (Å²) in [5, 5.41) is 4.52. The van der Waals surface area contributed by atoms with Crippen LogP contribution in [0.4, 0.5) is 9.52 Å². The maximum atomic E-state index is 14.0. The molecule has 0 aliphatic heterocycles. The summed E-state index contributed by atoms with van der Waals surface area (Å²) in [5.74, 6) is -1.53. The Labute approximate surface area is 187 Å². The first-order valence-electron chi connectivity index (χ1n) is 9.32. The number of ether oxygens (including phenoxy) is 1. The Morgan fingerprint density at radius 1 is 1.19 bits per heavy atom. The van der Waals surface area contributed by atoms with Crippen molar-refractivity contribution < 1.29 is 26.8 Å². The largest absolute Gasteiger partial charge is 0.494 e. The third kappa shape index (κ3) is 4.56. The molecule has 2 heterocycles. The van der Waals surface area contributed by atoms with Gasteiger partial charge in [0.05, 0.1) is 29.7 Å². The van der Waals surface area contributed by atoms with Gasteiger partial charge in [-0.2, -0.15) is 0 Å². The fourth-order valence-electron chi connectivity index (χ4n) is 3.01. The van der Waals surface area contributed by atoms with Crippen molar-refractivity contribution >= 4 is 32.2 Å². The zero-order valence-corrected chi connectivity index (χ0v) is 18.4. The van der Waals surface area contributed by atoms with E-state index >= 15 is 0 Å². The van der Waals surface area contributed by atoms with E-state index in [0.717, 1.165) is 11.3 Å². The number of aromatic nitrogens is 1. The number of hydrogen-bond acceptors (Lipinski definition) is 7. The summed E-state index contributed by atoms with van der Waals surface area (Å²) in [5.41, 5.74) is 1.23. The van der Waals surface area contributed by atoms with Gasteiger partial charge in [0.25, 0.3) is 5.91 Å². The summed E-state index contributed by atoms with van der Waals surface area (Å²) in [4.78, 5) is 17.1. The van der Waals surface area contributed by atoms with Crippen LogP contribution >= 0.6 is 11.3 Å². The molecule has 32 heavy (non-hydrogen) atoms. The lowest BCUT2D eigenvalue weighted by Gasteiger charge is -2.05. The molecule has 0 saturated heterocycles. The van der Waals surface area contributed by atoms with Crippen molar-refractivity contribution in [1.82, 2.24) is 4.98 Å². The second kappa shape index (κ2) is 8.93. The zero-order chi connectivity index (χ0) is 22.7. The monoisotopic (exact) mass is 472 g/mol. The summed E-state index contributed by atoms with van der Waals surface area (Å²) in [6, 6.07) is 13.9. The van der Waals surface area contributed by atoms with E-state index in [1.165, 1.54) is 43.7 Å². The van der Waals surface area contributed by atoms with Crippen molar-refractivity contribution in [3.63, 3.8) is 0 Å². The number of carbonyl (C=O) groups excluding carboxylic acids is 1. The number of furan rings is 1. The molecule has 4 rings (SSSR count). The van der Waals surface area contributed by atoms with Gasteiger partial charge in [-0.25, -0.2) is 17.8 Å². The Morgan fingerprint density at radius 3 is 2.69 bits per heavy atom. The number of thiazole rings is 1. The minimum Gasteiger partial charge on any atom is -0.494 e. The Bertz CT molecular complexity index is 1360. The number of benzene rings is 2. The molecule has 10 heteroatoms. The molecule has 4 aromatic rings. The first kappa shape index (κ1) is 21.7. The molecule has 0 aliphatic rings. The number of carbonyl (C=O) groups is 1. The van der Waals surface area contributed by atoms with Crippen molar-refractivity contribution in [1.29, 1.82) is 0 Å². The van der Waals surface area contributed by atoms with Gasteiger partial charge in [0.2, 0.25) is 0 Å². The molecule has 0 spiro atoms. The quantitative estimate of drug-likeness (QED) is 0.416. The Morgan fingerprint density at radius 2 is 1.97 bits per heavy atom. The number of nitrogens with zero attached hydrogens (tertiary/aromatic N) is 1. The van der Waals surface area contributed by atoms with Gasteiger partial charge in [-0.05, 0) is 36.4 Å². The highest BCUT2D eigenvalue weighted by Gasteiger charge is 2.23. The van der Waals surface area contributed by atoms with E-state index in [1.54, 1.807) is 29.6 Å². The fraction of sp³-hybridized carbons (Fsp3) is 0.0909. The van der Waals surface area contributed by atoms with Crippen LogP contribution < -0.4 is 10.1 Å². The van der Waals surface area contributed by atoms with E-state index in [0.29, 0.717) is 11.3 Å². The van der Waals surface area contributed by atoms with Gasteiger partial charge in [0, 0.05) is 16.5 Å². The van der Waals surface area contributed by atoms with E-state index in [1.807, 2.05) is 0 Å². The van der Waals surface area contributed by atoms with Gasteiger partial charge in [0.1, 0.15) is 0 Å². The van der Waals surface area contributed by atoms with Crippen molar-refractivity contribution in [2.75, 3.05) is 12.4 Å². The normalized spacial score (nSPS) is 11.3. The van der Waals surface area contributed by atoms with E-state index < -0.39 is 21.6 Å². The molecule has 0 aliphatic carbocycles. The van der Waals surface area contributed by atoms with Crippen LogP contribution in [0.5, 0.6) is 5.75 Å². The Kier molecular flexibility index (Phi) is 6.06. The van der Waals surface area contributed by atoms with Gasteiger partial charge < -0.3 is 9.15 Å². The molecule has 2 aromatic carbocycles. The molecular weight excluding hydrogens is 455 g/mol. The standard InChI is InChI=1S/C22H17FN2O5S2/c1-29-19-8-7-14(11-17(19)23)18-12-31-22(24-18)25-21(26)20-15(9-10-30-20)13-32(27,28)16-5-3-2-4-6-16/h2-12H,13H2,1H3,(H,24,25,26). The van der Waals surface area contributed by atoms with Gasteiger partial charge in [-0.3, -0.25) is 10.1 Å². The average molecular weight is 473 g/mol. The number of rotatable bonds is 7. The van der Waals surface area contributed by atoms with Crippen LogP contribution in [0.1, 0.15) is 16.1 Å². The molecule has 0 saturated carbocycles. The lowest BCUT2D eigenvalue weighted by Crippen LogP contribution is -2.14. The first-order chi connectivity index (χ1) is 15.4. The van der Waals surface area contributed by atoms with Crippen LogP contribution in [0.25, 0.3) is 11.3 Å². The molecule has 0 radical (unpaired) electrons. The molecule has 164 valence electrons. The van der Waals surface area contributed by atoms with Crippen molar-refractivity contribution in [3.8, 4) is 17.0 Å². The number of halogens is 1. The van der Waals surface area contributed by atoms with Crippen molar-refractivity contribution in [2.24, 2.45) is 0 Å². The second-order valence-corrected chi connectivity index (χ2v) is 9.54. The highest BCUT2D eigenvalue weighted by Crippen LogP contribution is 2.29. The van der Waals surface area contributed by atoms with Gasteiger partial charge in [0.15, 0.2) is 32.3 Å². The van der Waals surface area contributed by atoms with Crippen LogP contribution in [0.15, 0.2) is 75.6 Å². The highest BCUT2D eigenvalue weighted by molar-refractivity contribution is 7.90. The van der Waals surface area contributed by atoms with Crippen LogP contribution in [0.3, 0.4) is 0 Å². The molecule has 0 fully saturated rings. The third-order valence-corrected chi connectivity index (χ3v) is 7.01. The molecular formula is C22H17FN2O5S2. The summed E-state index contributed by atoms with van der Waals surface area (Å²) < 4.78 is 49.4. The molecule has 7 nitrogen and oxygen atoms in total. The number of methoxy groups -OCH3 is 1. The lowest BCUT2D eigenvalue weighted by molar-refractivity contribution is 0.0995. The Hall–Kier alpha value is -3.50. The minimum absolute atomic E-state index is 0.114. The second-order valence-electron chi connectivity index (χ2n) is 6.69. The lowest BCUT2D eigenvalue weighted by atomic mass is 10.1. The molecule has 0 atom stereocenters. The Balaban J connectivity index is 1.50. The van der Waals surface area contributed by atoms with Crippen molar-refractivity contribution in [2.45, 2.75) is 10.6 Å². The van der Waals surface area contributed by atoms with Crippen LogP contribution in [-0.4, -0.2) is 26.4 Å².